The summed E-state index contributed by atoms with van der Waals surface area (Å²) in [5.74, 6) is 0.200. The maximum Gasteiger partial charge on any atom is 0.163 e. The summed E-state index contributed by atoms with van der Waals surface area (Å²) in [5, 5.41) is 4.10. The predicted molar refractivity (Wildman–Crippen MR) is 71.8 cm³/mol. The quantitative estimate of drug-likeness (QED) is 0.773. The summed E-state index contributed by atoms with van der Waals surface area (Å²) in [6, 6.07) is 6.00. The predicted octanol–water partition coefficient (Wildman–Crippen LogP) is 2.85. The Morgan fingerprint density at radius 1 is 1.22 bits per heavy atom. The fourth-order valence-corrected chi connectivity index (χ4v) is 2.14. The van der Waals surface area contributed by atoms with E-state index >= 15 is 0 Å². The minimum atomic E-state index is 0.200. The minimum Gasteiger partial charge on any atom is -0.294 e. The van der Waals surface area contributed by atoms with Crippen LogP contribution in [0.15, 0.2) is 30.6 Å². The molecular formula is C15H18N2O. The molecule has 0 N–H and O–H groups in total. The lowest BCUT2D eigenvalue weighted by Crippen LogP contribution is -2.02. The number of aryl methyl sites for hydroxylation is 4. The maximum absolute atomic E-state index is 12.1. The summed E-state index contributed by atoms with van der Waals surface area (Å²) in [7, 11) is 1.88. The monoisotopic (exact) mass is 242 g/mol. The first-order chi connectivity index (χ1) is 8.54. The maximum atomic E-state index is 12.1. The standard InChI is InChI=1S/C15H18N2O/c1-11-6-12(2)8-14(7-11)15(18)5-4-13-9-16-17(3)10-13/h6-10H,4-5H2,1-3H3. The number of hydrogen-bond acceptors (Lipinski definition) is 2. The molecule has 2 aromatic rings. The van der Waals surface area contributed by atoms with Crippen LogP contribution in [-0.4, -0.2) is 15.6 Å². The number of carbonyl (C=O) groups is 1. The van der Waals surface area contributed by atoms with Crippen LogP contribution in [0.2, 0.25) is 0 Å². The third-order valence-corrected chi connectivity index (χ3v) is 2.94. The topological polar surface area (TPSA) is 34.9 Å². The van der Waals surface area contributed by atoms with Gasteiger partial charge < -0.3 is 0 Å². The van der Waals surface area contributed by atoms with E-state index in [0.717, 1.165) is 28.7 Å². The van der Waals surface area contributed by atoms with Gasteiger partial charge in [0.15, 0.2) is 5.78 Å². The van der Waals surface area contributed by atoms with Crippen molar-refractivity contribution < 1.29 is 4.79 Å². The highest BCUT2D eigenvalue weighted by atomic mass is 16.1. The second-order valence-electron chi connectivity index (χ2n) is 4.82. The average Bonchev–Trinajstić information content (AvgIpc) is 2.70. The Hall–Kier alpha value is -1.90. The van der Waals surface area contributed by atoms with E-state index in [4.69, 9.17) is 0 Å². The first-order valence-corrected chi connectivity index (χ1v) is 6.13. The largest absolute Gasteiger partial charge is 0.294 e. The molecule has 0 aliphatic heterocycles. The van der Waals surface area contributed by atoms with Crippen LogP contribution in [0.3, 0.4) is 0 Å². The van der Waals surface area contributed by atoms with Crippen molar-refractivity contribution in [3.8, 4) is 0 Å². The van der Waals surface area contributed by atoms with Crippen molar-refractivity contribution in [1.29, 1.82) is 0 Å². The molecule has 0 atom stereocenters. The molecule has 0 amide bonds. The Labute approximate surface area is 107 Å². The molecule has 0 aliphatic carbocycles. The third-order valence-electron chi connectivity index (χ3n) is 2.94. The van der Waals surface area contributed by atoms with Gasteiger partial charge in [-0.3, -0.25) is 9.48 Å². The molecule has 3 nitrogen and oxygen atoms in total. The smallest absolute Gasteiger partial charge is 0.163 e. The lowest BCUT2D eigenvalue weighted by atomic mass is 10.0. The summed E-state index contributed by atoms with van der Waals surface area (Å²) >= 11 is 0. The van der Waals surface area contributed by atoms with Gasteiger partial charge in [-0.1, -0.05) is 17.2 Å². The van der Waals surface area contributed by atoms with Crippen LogP contribution in [0.1, 0.15) is 33.5 Å². The molecular weight excluding hydrogens is 224 g/mol. The first kappa shape index (κ1) is 12.6. The molecule has 0 aliphatic rings. The van der Waals surface area contributed by atoms with Crippen LogP contribution in [-0.2, 0) is 13.5 Å². The van der Waals surface area contributed by atoms with Gasteiger partial charge in [0.25, 0.3) is 0 Å². The highest BCUT2D eigenvalue weighted by molar-refractivity contribution is 5.96. The van der Waals surface area contributed by atoms with E-state index in [1.165, 1.54) is 0 Å². The van der Waals surface area contributed by atoms with Crippen molar-refractivity contribution in [2.75, 3.05) is 0 Å². The Balaban J connectivity index is 2.03. The van der Waals surface area contributed by atoms with Crippen LogP contribution in [0, 0.1) is 13.8 Å². The molecule has 0 saturated carbocycles. The number of hydrogen-bond donors (Lipinski definition) is 0. The average molecular weight is 242 g/mol. The minimum absolute atomic E-state index is 0.200. The van der Waals surface area contributed by atoms with Gasteiger partial charge >= 0.3 is 0 Å². The van der Waals surface area contributed by atoms with Crippen molar-refractivity contribution in [2.24, 2.45) is 7.05 Å². The van der Waals surface area contributed by atoms with E-state index < -0.39 is 0 Å². The molecule has 18 heavy (non-hydrogen) atoms. The fraction of sp³-hybridized carbons (Fsp3) is 0.333. The van der Waals surface area contributed by atoms with Crippen molar-refractivity contribution in [3.63, 3.8) is 0 Å². The molecule has 1 aromatic heterocycles. The third kappa shape index (κ3) is 3.06. The Morgan fingerprint density at radius 2 is 1.89 bits per heavy atom. The summed E-state index contributed by atoms with van der Waals surface area (Å²) in [4.78, 5) is 12.1. The zero-order valence-corrected chi connectivity index (χ0v) is 11.1. The Bertz CT molecular complexity index is 549. The molecule has 1 heterocycles. The van der Waals surface area contributed by atoms with Crippen LogP contribution in [0.25, 0.3) is 0 Å². The normalized spacial score (nSPS) is 10.6. The van der Waals surface area contributed by atoms with E-state index in [2.05, 4.69) is 11.2 Å². The molecule has 0 radical (unpaired) electrons. The van der Waals surface area contributed by atoms with E-state index in [1.807, 2.05) is 45.4 Å². The van der Waals surface area contributed by atoms with Gasteiger partial charge in [0.2, 0.25) is 0 Å². The number of carbonyl (C=O) groups excluding carboxylic acids is 1. The summed E-state index contributed by atoms with van der Waals surface area (Å²) in [6.45, 7) is 4.04. The van der Waals surface area contributed by atoms with E-state index in [1.54, 1.807) is 4.68 Å². The van der Waals surface area contributed by atoms with Crippen LogP contribution < -0.4 is 0 Å². The lowest BCUT2D eigenvalue weighted by Gasteiger charge is -2.03. The number of aromatic nitrogens is 2. The van der Waals surface area contributed by atoms with Gasteiger partial charge in [0.1, 0.15) is 0 Å². The summed E-state index contributed by atoms with van der Waals surface area (Å²) in [6.07, 6.45) is 5.05. The Morgan fingerprint density at radius 3 is 2.44 bits per heavy atom. The Kier molecular flexibility index (Phi) is 3.60. The highest BCUT2D eigenvalue weighted by Gasteiger charge is 2.08. The van der Waals surface area contributed by atoms with Crippen molar-refractivity contribution in [3.05, 3.63) is 52.8 Å². The molecule has 3 heteroatoms. The van der Waals surface area contributed by atoms with Gasteiger partial charge in [0.05, 0.1) is 6.20 Å². The highest BCUT2D eigenvalue weighted by Crippen LogP contribution is 2.12. The van der Waals surface area contributed by atoms with Crippen LogP contribution >= 0.6 is 0 Å². The molecule has 0 spiro atoms. The fourth-order valence-electron chi connectivity index (χ4n) is 2.14. The number of benzene rings is 1. The number of ketones is 1. The lowest BCUT2D eigenvalue weighted by molar-refractivity contribution is 0.0982. The van der Waals surface area contributed by atoms with Crippen molar-refractivity contribution in [1.82, 2.24) is 9.78 Å². The molecule has 0 saturated heterocycles. The molecule has 0 bridgehead atoms. The van der Waals surface area contributed by atoms with E-state index in [-0.39, 0.29) is 5.78 Å². The molecule has 94 valence electrons. The number of Topliss-reactive ketones (excluding diaryl/α,β-unsaturated/α-hetero) is 1. The van der Waals surface area contributed by atoms with Gasteiger partial charge in [-0.25, -0.2) is 0 Å². The number of nitrogens with zero attached hydrogens (tertiary/aromatic N) is 2. The van der Waals surface area contributed by atoms with Crippen LogP contribution in [0.4, 0.5) is 0 Å². The number of rotatable bonds is 4. The molecule has 0 unspecified atom stereocenters. The van der Waals surface area contributed by atoms with Gasteiger partial charge in [-0.05, 0) is 38.0 Å². The SMILES string of the molecule is Cc1cc(C)cc(C(=O)CCc2cnn(C)c2)c1. The van der Waals surface area contributed by atoms with Gasteiger partial charge in [0, 0.05) is 25.2 Å². The van der Waals surface area contributed by atoms with Crippen molar-refractivity contribution in [2.45, 2.75) is 26.7 Å². The molecule has 0 fully saturated rings. The molecule has 1 aromatic carbocycles. The van der Waals surface area contributed by atoms with Crippen LogP contribution in [0.5, 0.6) is 0 Å². The second kappa shape index (κ2) is 5.17. The van der Waals surface area contributed by atoms with E-state index in [0.29, 0.717) is 6.42 Å². The van der Waals surface area contributed by atoms with E-state index in [9.17, 15) is 4.79 Å². The first-order valence-electron chi connectivity index (χ1n) is 6.13. The summed E-state index contributed by atoms with van der Waals surface area (Å²) < 4.78 is 1.76. The van der Waals surface area contributed by atoms with Crippen molar-refractivity contribution >= 4 is 5.78 Å². The zero-order chi connectivity index (χ0) is 13.1. The summed E-state index contributed by atoms with van der Waals surface area (Å²) in [5.41, 5.74) is 4.20. The zero-order valence-electron chi connectivity index (χ0n) is 11.1. The van der Waals surface area contributed by atoms with Gasteiger partial charge in [-0.15, -0.1) is 0 Å². The molecule has 2 rings (SSSR count). The van der Waals surface area contributed by atoms with Gasteiger partial charge in [-0.2, -0.15) is 5.10 Å². The second-order valence-corrected chi connectivity index (χ2v) is 4.82.